The Morgan fingerprint density at radius 1 is 0.437 bits per heavy atom. The highest BCUT2D eigenvalue weighted by Crippen LogP contribution is 2.40. The lowest BCUT2D eigenvalue weighted by molar-refractivity contribution is -0.138. The zero-order valence-electron chi connectivity index (χ0n) is 76.8. The van der Waals surface area contributed by atoms with Crippen LogP contribution < -0.4 is 35.5 Å². The van der Waals surface area contributed by atoms with Crippen LogP contribution in [0.25, 0.3) is 0 Å². The number of benzene rings is 3. The number of hydrogen-bond donors (Lipinski definition) is 8. The van der Waals surface area contributed by atoms with Gasteiger partial charge in [-0.2, -0.15) is 5.26 Å². The average Bonchev–Trinajstić information content (AvgIpc) is 1.65. The van der Waals surface area contributed by atoms with Crippen LogP contribution in [0.4, 0.5) is 0 Å². The van der Waals surface area contributed by atoms with E-state index >= 15 is 0 Å². The molecule has 9 aliphatic rings. The molecule has 15 atom stereocenters. The number of Topliss-reactive ketones (excluding diaryl/α,β-unsaturated/α-hetero) is 8. The van der Waals surface area contributed by atoms with Gasteiger partial charge in [0.15, 0.2) is 34.7 Å². The van der Waals surface area contributed by atoms with Crippen LogP contribution in [-0.4, -0.2) is 298 Å². The first-order chi connectivity index (χ1) is 62.8. The Bertz CT molecular complexity index is 4520. The molecule has 135 heavy (non-hydrogen) atoms. The van der Waals surface area contributed by atoms with Crippen LogP contribution in [0.1, 0.15) is 208 Å². The van der Waals surface area contributed by atoms with E-state index in [0.29, 0.717) is 140 Å². The van der Waals surface area contributed by atoms with Crippen molar-refractivity contribution in [2.45, 2.75) is 245 Å². The zero-order valence-corrected chi connectivity index (χ0v) is 76.8. The Morgan fingerprint density at radius 3 is 1.24 bits per heavy atom. The maximum Gasteiger partial charge on any atom is 0.234 e. The molecule has 3 aromatic carbocycles. The number of aliphatic hydroxyl groups is 4. The number of rotatable bonds is 50. The number of ether oxygens (including phenoxy) is 9. The predicted octanol–water partition coefficient (Wildman–Crippen LogP) is 8.30. The van der Waals surface area contributed by atoms with Crippen LogP contribution in [0.2, 0.25) is 0 Å². The van der Waals surface area contributed by atoms with E-state index in [-0.39, 0.29) is 129 Å². The van der Waals surface area contributed by atoms with E-state index in [4.69, 9.17) is 42.6 Å². The molecule has 3 aliphatic carbocycles. The van der Waals surface area contributed by atoms with E-state index < -0.39 is 137 Å². The van der Waals surface area contributed by atoms with Crippen molar-refractivity contribution in [3.63, 3.8) is 0 Å². The number of morpholine rings is 3. The minimum absolute atomic E-state index is 0. The van der Waals surface area contributed by atoms with Crippen molar-refractivity contribution in [2.24, 2.45) is 29.6 Å². The van der Waals surface area contributed by atoms with Gasteiger partial charge in [-0.05, 0) is 171 Å². The highest BCUT2D eigenvalue weighted by atomic mass is 16.6. The van der Waals surface area contributed by atoms with E-state index in [1.807, 2.05) is 32.9 Å². The summed E-state index contributed by atoms with van der Waals surface area (Å²) < 4.78 is 47.9. The molecule has 748 valence electrons. The normalized spacial score (nSPS) is 22.2. The van der Waals surface area contributed by atoms with Gasteiger partial charge in [0.1, 0.15) is 63.8 Å². The third-order valence-corrected chi connectivity index (χ3v) is 25.9. The third kappa shape index (κ3) is 35.2. The second-order valence-electron chi connectivity index (χ2n) is 36.4. The molecule has 0 spiro atoms. The van der Waals surface area contributed by atoms with Crippen molar-refractivity contribution in [3.05, 3.63) is 124 Å². The predicted molar refractivity (Wildman–Crippen MR) is 506 cm³/mol. The molecular formula is C102H150N8O25. The summed E-state index contributed by atoms with van der Waals surface area (Å²) in [7, 11) is 4.58. The maximum absolute atomic E-state index is 14.0. The Hall–Kier alpha value is -9.51. The summed E-state index contributed by atoms with van der Waals surface area (Å²) in [6, 6.07) is 17.6. The molecule has 0 saturated carbocycles. The van der Waals surface area contributed by atoms with Crippen LogP contribution in [0.3, 0.4) is 0 Å². The van der Waals surface area contributed by atoms with Crippen molar-refractivity contribution in [1.82, 2.24) is 36.0 Å². The van der Waals surface area contributed by atoms with E-state index in [2.05, 4.69) is 39.5 Å². The first-order valence-electron chi connectivity index (χ1n) is 46.1. The summed E-state index contributed by atoms with van der Waals surface area (Å²) in [6.45, 7) is 13.9. The number of allylic oxidation sites excluding steroid dienone is 5. The molecule has 3 aromatic rings. The number of nitriles is 1. The largest absolute Gasteiger partial charge is 0.497 e. The second-order valence-corrected chi connectivity index (χ2v) is 36.4. The highest BCUT2D eigenvalue weighted by molar-refractivity contribution is 6.01. The number of carbonyl (C=O) groups excluding carboxylic acids is 12. The lowest BCUT2D eigenvalue weighted by Crippen LogP contribution is -2.53. The smallest absolute Gasteiger partial charge is 0.234 e. The van der Waals surface area contributed by atoms with Gasteiger partial charge in [-0.3, -0.25) is 72.2 Å². The number of nitrogens with zero attached hydrogens (tertiary/aromatic N) is 4. The third-order valence-electron chi connectivity index (χ3n) is 25.9. The Morgan fingerprint density at radius 2 is 0.830 bits per heavy atom. The van der Waals surface area contributed by atoms with Crippen molar-refractivity contribution < 1.29 is 121 Å². The van der Waals surface area contributed by atoms with Crippen LogP contribution >= 0.6 is 0 Å². The summed E-state index contributed by atoms with van der Waals surface area (Å²) >= 11 is 0. The molecular weight excluding hydrogens is 1740 g/mol. The summed E-state index contributed by atoms with van der Waals surface area (Å²) in [5.74, 6) is -7.41. The molecule has 12 rings (SSSR count). The fourth-order valence-electron chi connectivity index (χ4n) is 17.4. The second kappa shape index (κ2) is 55.8. The van der Waals surface area contributed by atoms with Crippen LogP contribution in [-0.2, 0) is 92.4 Å². The first-order valence-corrected chi connectivity index (χ1v) is 46.1. The summed E-state index contributed by atoms with van der Waals surface area (Å²) in [5.41, 5.74) is 2.12. The van der Waals surface area contributed by atoms with Gasteiger partial charge in [0.2, 0.25) is 23.6 Å². The zero-order chi connectivity index (χ0) is 94.4. The van der Waals surface area contributed by atoms with Gasteiger partial charge in [-0.15, -0.1) is 0 Å². The summed E-state index contributed by atoms with van der Waals surface area (Å²) in [6.07, 6.45) is 12.0. The molecule has 8 N–H and O–H groups in total. The van der Waals surface area contributed by atoms with Crippen molar-refractivity contribution in [3.8, 4) is 23.3 Å². The molecule has 6 saturated heterocycles. The minimum Gasteiger partial charge on any atom is -0.497 e. The van der Waals surface area contributed by atoms with E-state index in [9.17, 15) is 83.2 Å². The number of epoxide rings is 3. The molecule has 0 aromatic heterocycles. The van der Waals surface area contributed by atoms with Crippen LogP contribution in [0, 0.1) is 40.9 Å². The van der Waals surface area contributed by atoms with Gasteiger partial charge < -0.3 is 84.3 Å². The Kier molecular flexibility index (Phi) is 47.2. The van der Waals surface area contributed by atoms with Crippen molar-refractivity contribution >= 4 is 69.9 Å². The van der Waals surface area contributed by atoms with E-state index in [1.165, 1.54) is 26.7 Å². The monoisotopic (exact) mass is 1890 g/mol. The highest BCUT2D eigenvalue weighted by Gasteiger charge is 2.53. The maximum atomic E-state index is 14.0. The van der Waals surface area contributed by atoms with Gasteiger partial charge >= 0.3 is 0 Å². The number of aliphatic hydroxyl groups excluding tert-OH is 4. The fourth-order valence-corrected chi connectivity index (χ4v) is 17.4. The van der Waals surface area contributed by atoms with Crippen molar-refractivity contribution in [2.75, 3.05) is 146 Å². The number of nitrogens with one attached hydrogen (secondary N) is 4. The van der Waals surface area contributed by atoms with Crippen LogP contribution in [0.15, 0.2) is 108 Å². The lowest BCUT2D eigenvalue weighted by atomic mass is 9.82. The molecule has 6 heterocycles. The molecule has 33 nitrogen and oxygen atoms in total. The fraction of sp³-hybridized carbons (Fsp3) is 0.637. The minimum atomic E-state index is -1.44. The van der Waals surface area contributed by atoms with Gasteiger partial charge in [-0.25, -0.2) is 0 Å². The molecule has 6 fully saturated rings. The molecule has 33 heteroatoms. The molecule has 0 radical (unpaired) electrons. The van der Waals surface area contributed by atoms with Gasteiger partial charge in [0, 0.05) is 89.6 Å². The summed E-state index contributed by atoms with van der Waals surface area (Å²) in [4.78, 5) is 167. The van der Waals surface area contributed by atoms with Gasteiger partial charge in [0.05, 0.1) is 155 Å². The number of carbonyl (C=O) groups is 12. The number of methoxy groups -OCH3 is 3. The van der Waals surface area contributed by atoms with Crippen molar-refractivity contribution in [1.29, 1.82) is 5.26 Å². The van der Waals surface area contributed by atoms with E-state index in [0.717, 1.165) is 80.9 Å². The molecule has 4 amide bonds. The summed E-state index contributed by atoms with van der Waals surface area (Å²) in [5, 5.41) is 63.8. The average molecular weight is 1890 g/mol. The quantitative estimate of drug-likeness (QED) is 0.0194. The van der Waals surface area contributed by atoms with E-state index in [1.54, 1.807) is 88.5 Å². The topological polar surface area (TPSA) is 460 Å². The Labute approximate surface area is 796 Å². The SMILES string of the molecule is C.C.C.C.COc1ccc(C[C@H](NC(=O)[C@H](CC#N)CC(=O)CN2CCOCC2)C(=O)C[C@@H](CC2=CCCC2)C(=O)[C@@]2(C)CO2)cc1.COc1ccc([C@@H](O)[C@H](CC(=O)[C@@H](NC(=O)CN2CCOCC2)[C@@H](C)O)C(=O)N[C@@H](CC2=CCCCC2)C(=O)[C@@]2(C)CO2)cc1.COc1ccc([C@@H](O)[C@H](NC(=O)[C@H](CO)CC(=O)CN2CCOCC2)C(=O)C[C@@H](CC2=CCCC2)C(=O)[C@@]2(C)CO2)cc1. The number of ketones is 8. The number of amides is 4. The number of hydrogen-bond acceptors (Lipinski definition) is 29. The molecule has 0 bridgehead atoms. The molecule has 0 unspecified atom stereocenters. The molecule has 6 aliphatic heterocycles. The lowest BCUT2D eigenvalue weighted by Gasteiger charge is -2.29. The van der Waals surface area contributed by atoms with Gasteiger partial charge in [0.25, 0.3) is 0 Å². The first kappa shape index (κ1) is 114. The van der Waals surface area contributed by atoms with Crippen LogP contribution in [0.5, 0.6) is 17.2 Å². The van der Waals surface area contributed by atoms with Gasteiger partial charge in [-0.1, -0.05) is 101 Å². The standard InChI is InChI=1S/C33H47N3O9.C33H43N3O7.C32H44N2O9.4CH4/c1-21(37)29(35-28(39)19-36-13-15-44-16-14-36)27(38)18-25(30(40)23-9-11-24(43-3)12-10-23)32(42)34-26(31(41)33(2)20-45-33)17-22-7-5-4-6-8-22;1-33(22-43-33)31(39)26(17-23-5-3-4-6-23)20-30(38)29(18-24-7-9-28(41-2)10-8-24)35-32(40)25(11-12-34)19-27(37)21-36-13-15-42-16-14-36;1-32(20-43-32)30(39)23(15-21-5-3-4-6-21)17-27(37)28(29(38)22-7-9-26(41-2)10-8-22)33-31(40)24(19-35)16-25(36)18-34-11-13-42-14-12-34;;;;/h7,9-12,21,25-26,29-30,37,40H,4-6,8,13-20H2,1-3H3,(H,34,42)(H,35,39);5,7-10,25-26,29H,3-4,6,11,13-22H2,1-2H3,(H,35,40);5,7-10,23-24,28-29,35,38H,3-4,6,11-20H2,1-2H3,(H,33,40);4*1H4/t21-,25+,26+,29+,30-,33-;25-,26-,29+,33-;23-,24+,28-,29-,32-;;;;/m111..../s1. The Balaban J connectivity index is 0.000000307.